The molecule has 0 unspecified atom stereocenters. The number of aromatic nitrogens is 1. The zero-order valence-electron chi connectivity index (χ0n) is 13.1. The monoisotopic (exact) mass is 321 g/mol. The number of nitrogens with one attached hydrogen (secondary N) is 3. The van der Waals surface area contributed by atoms with Crippen LogP contribution >= 0.6 is 0 Å². The zero-order chi connectivity index (χ0) is 15.9. The van der Waals surface area contributed by atoms with Crippen molar-refractivity contribution in [3.05, 3.63) is 35.5 Å². The van der Waals surface area contributed by atoms with E-state index in [9.17, 15) is 9.00 Å². The van der Waals surface area contributed by atoms with Crippen LogP contribution in [0.15, 0.2) is 24.4 Å². The van der Waals surface area contributed by atoms with E-state index in [4.69, 9.17) is 0 Å². The van der Waals surface area contributed by atoms with Gasteiger partial charge in [-0.2, -0.15) is 0 Å². The summed E-state index contributed by atoms with van der Waals surface area (Å²) in [5, 5.41) is 6.84. The van der Waals surface area contributed by atoms with Gasteiger partial charge in [-0.3, -0.25) is 4.21 Å². The summed E-state index contributed by atoms with van der Waals surface area (Å²) in [5.74, 6) is 0.620. The van der Waals surface area contributed by atoms with E-state index in [-0.39, 0.29) is 6.03 Å². The standard InChI is InChI=1S/C16H23N3O2S/c1-12-5-3-6-14-13(11-19-15(12)14)7-9-18-16(20)17-8-4-10-22(2)21/h3,5-6,11,19H,4,7-10H2,1-2H3,(H2,17,18,20)/t22-/m1/s1. The van der Waals surface area contributed by atoms with Crippen LogP contribution in [0, 0.1) is 6.92 Å². The summed E-state index contributed by atoms with van der Waals surface area (Å²) in [6, 6.07) is 6.06. The van der Waals surface area contributed by atoms with Crippen molar-refractivity contribution in [1.82, 2.24) is 15.6 Å². The Labute approximate surface area is 133 Å². The van der Waals surface area contributed by atoms with Crippen LogP contribution < -0.4 is 10.6 Å². The van der Waals surface area contributed by atoms with E-state index in [1.807, 2.05) is 12.3 Å². The number of rotatable bonds is 7. The van der Waals surface area contributed by atoms with Crippen molar-refractivity contribution in [2.75, 3.05) is 25.1 Å². The predicted molar refractivity (Wildman–Crippen MR) is 91.7 cm³/mol. The molecule has 1 atom stereocenters. The van der Waals surface area contributed by atoms with Crippen molar-refractivity contribution in [3.8, 4) is 0 Å². The molecule has 3 N–H and O–H groups in total. The van der Waals surface area contributed by atoms with Gasteiger partial charge in [0.15, 0.2) is 0 Å². The Kier molecular flexibility index (Phi) is 6.00. The van der Waals surface area contributed by atoms with Crippen molar-refractivity contribution in [1.29, 1.82) is 0 Å². The Hall–Kier alpha value is -1.82. The highest BCUT2D eigenvalue weighted by atomic mass is 32.2. The van der Waals surface area contributed by atoms with Gasteiger partial charge >= 0.3 is 6.03 Å². The lowest BCUT2D eigenvalue weighted by atomic mass is 10.1. The first-order chi connectivity index (χ1) is 10.6. The first-order valence-corrected chi connectivity index (χ1v) is 9.18. The van der Waals surface area contributed by atoms with Gasteiger partial charge in [0.05, 0.1) is 0 Å². The quantitative estimate of drug-likeness (QED) is 0.683. The number of carbonyl (C=O) groups is 1. The van der Waals surface area contributed by atoms with E-state index in [0.717, 1.165) is 18.4 Å². The van der Waals surface area contributed by atoms with Gasteiger partial charge in [-0.15, -0.1) is 0 Å². The predicted octanol–water partition coefficient (Wildman–Crippen LogP) is 2.09. The number of benzene rings is 1. The molecular weight excluding hydrogens is 298 g/mol. The maximum Gasteiger partial charge on any atom is 0.314 e. The molecule has 1 aromatic heterocycles. The summed E-state index contributed by atoms with van der Waals surface area (Å²) in [6.45, 7) is 3.22. The van der Waals surface area contributed by atoms with E-state index in [1.54, 1.807) is 6.26 Å². The molecule has 0 aliphatic carbocycles. The molecule has 0 saturated carbocycles. The summed E-state index contributed by atoms with van der Waals surface area (Å²) in [4.78, 5) is 14.9. The number of para-hydroxylation sites is 1. The highest BCUT2D eigenvalue weighted by molar-refractivity contribution is 7.84. The zero-order valence-corrected chi connectivity index (χ0v) is 13.9. The van der Waals surface area contributed by atoms with E-state index in [2.05, 4.69) is 34.7 Å². The number of aromatic amines is 1. The molecule has 0 spiro atoms. The minimum Gasteiger partial charge on any atom is -0.361 e. The number of aryl methyl sites for hydroxylation is 1. The first-order valence-electron chi connectivity index (χ1n) is 7.45. The van der Waals surface area contributed by atoms with Crippen LogP contribution in [0.3, 0.4) is 0 Å². The molecule has 2 aromatic rings. The first kappa shape index (κ1) is 16.5. The lowest BCUT2D eigenvalue weighted by Crippen LogP contribution is -2.37. The lowest BCUT2D eigenvalue weighted by molar-refractivity contribution is 0.241. The Bertz CT molecular complexity index is 666. The Morgan fingerprint density at radius 3 is 2.82 bits per heavy atom. The van der Waals surface area contributed by atoms with Crippen LogP contribution in [0.2, 0.25) is 0 Å². The number of H-pyrrole nitrogens is 1. The third-order valence-corrected chi connectivity index (χ3v) is 4.45. The molecule has 0 fully saturated rings. The van der Waals surface area contributed by atoms with E-state index in [1.165, 1.54) is 16.5 Å². The van der Waals surface area contributed by atoms with Crippen molar-refractivity contribution < 1.29 is 9.00 Å². The summed E-state index contributed by atoms with van der Waals surface area (Å²) in [5.41, 5.74) is 3.60. The molecule has 0 radical (unpaired) electrons. The van der Waals surface area contributed by atoms with E-state index >= 15 is 0 Å². The molecule has 0 aliphatic rings. The molecule has 1 aromatic carbocycles. The number of urea groups is 1. The molecule has 1 heterocycles. The van der Waals surface area contributed by atoms with Crippen molar-refractivity contribution in [3.63, 3.8) is 0 Å². The second-order valence-electron chi connectivity index (χ2n) is 5.37. The van der Waals surface area contributed by atoms with Crippen LogP contribution in [0.25, 0.3) is 10.9 Å². The van der Waals surface area contributed by atoms with E-state index in [0.29, 0.717) is 18.8 Å². The topological polar surface area (TPSA) is 74.0 Å². The second-order valence-corrected chi connectivity index (χ2v) is 6.93. The van der Waals surface area contributed by atoms with Gasteiger partial charge in [-0.05, 0) is 30.9 Å². The number of hydrogen-bond donors (Lipinski definition) is 3. The molecule has 6 heteroatoms. The van der Waals surface area contributed by atoms with Gasteiger partial charge in [0.1, 0.15) is 0 Å². The van der Waals surface area contributed by atoms with Gasteiger partial charge in [0, 0.05) is 53.0 Å². The molecular formula is C16H23N3O2S. The van der Waals surface area contributed by atoms with Crippen LogP contribution in [0.1, 0.15) is 17.5 Å². The summed E-state index contributed by atoms with van der Waals surface area (Å²) in [7, 11) is -0.797. The van der Waals surface area contributed by atoms with Gasteiger partial charge in [-0.1, -0.05) is 18.2 Å². The fourth-order valence-electron chi connectivity index (χ4n) is 2.42. The smallest absolute Gasteiger partial charge is 0.314 e. The molecule has 120 valence electrons. The largest absolute Gasteiger partial charge is 0.361 e. The highest BCUT2D eigenvalue weighted by Crippen LogP contribution is 2.21. The molecule has 0 bridgehead atoms. The van der Waals surface area contributed by atoms with Gasteiger partial charge in [0.2, 0.25) is 0 Å². The van der Waals surface area contributed by atoms with Crippen molar-refractivity contribution in [2.45, 2.75) is 19.8 Å². The fourth-order valence-corrected chi connectivity index (χ4v) is 2.97. The molecule has 0 aliphatic heterocycles. The summed E-state index contributed by atoms with van der Waals surface area (Å²) < 4.78 is 10.9. The summed E-state index contributed by atoms with van der Waals surface area (Å²) in [6.07, 6.45) is 5.20. The second kappa shape index (κ2) is 7.98. The number of hydrogen-bond acceptors (Lipinski definition) is 2. The third kappa shape index (κ3) is 4.59. The van der Waals surface area contributed by atoms with Crippen LogP contribution in [0.4, 0.5) is 4.79 Å². The number of amides is 2. The van der Waals surface area contributed by atoms with E-state index < -0.39 is 10.8 Å². The van der Waals surface area contributed by atoms with Crippen molar-refractivity contribution >= 4 is 27.7 Å². The average Bonchev–Trinajstić information content (AvgIpc) is 2.88. The Balaban J connectivity index is 1.75. The lowest BCUT2D eigenvalue weighted by Gasteiger charge is -2.07. The van der Waals surface area contributed by atoms with Gasteiger partial charge < -0.3 is 15.6 Å². The average molecular weight is 321 g/mol. The highest BCUT2D eigenvalue weighted by Gasteiger charge is 2.06. The normalized spacial score (nSPS) is 12.3. The molecule has 22 heavy (non-hydrogen) atoms. The molecule has 2 amide bonds. The van der Waals surface area contributed by atoms with Crippen molar-refractivity contribution in [2.24, 2.45) is 0 Å². The van der Waals surface area contributed by atoms with Crippen LogP contribution in [-0.2, 0) is 17.2 Å². The van der Waals surface area contributed by atoms with Gasteiger partial charge in [-0.25, -0.2) is 4.79 Å². The maximum atomic E-state index is 11.6. The molecule has 2 rings (SSSR count). The maximum absolute atomic E-state index is 11.6. The minimum atomic E-state index is -0.797. The SMILES string of the molecule is Cc1cccc2c(CCNC(=O)NCCC[S@@](C)=O)c[nH]c12. The summed E-state index contributed by atoms with van der Waals surface area (Å²) >= 11 is 0. The Morgan fingerprint density at radius 2 is 2.05 bits per heavy atom. The van der Waals surface area contributed by atoms with Crippen LogP contribution in [-0.4, -0.2) is 40.3 Å². The molecule has 5 nitrogen and oxygen atoms in total. The Morgan fingerprint density at radius 1 is 1.27 bits per heavy atom. The molecule has 0 saturated heterocycles. The fraction of sp³-hybridized carbons (Fsp3) is 0.438. The van der Waals surface area contributed by atoms with Crippen LogP contribution in [0.5, 0.6) is 0 Å². The number of carbonyl (C=O) groups excluding carboxylic acids is 1. The van der Waals surface area contributed by atoms with Gasteiger partial charge in [0.25, 0.3) is 0 Å². The number of fused-ring (bicyclic) bond motifs is 1. The third-order valence-electron chi connectivity index (χ3n) is 3.58. The minimum absolute atomic E-state index is 0.169.